The maximum atomic E-state index is 13.6. The van der Waals surface area contributed by atoms with Crippen molar-refractivity contribution < 1.29 is 38.4 Å². The van der Waals surface area contributed by atoms with E-state index in [1.54, 1.807) is 24.5 Å². The summed E-state index contributed by atoms with van der Waals surface area (Å²) < 4.78 is 29.9. The predicted molar refractivity (Wildman–Crippen MR) is 160 cm³/mol. The predicted octanol–water partition coefficient (Wildman–Crippen LogP) is 2.42. The highest BCUT2D eigenvalue weighted by molar-refractivity contribution is 6.51. The summed E-state index contributed by atoms with van der Waals surface area (Å²) in [6.45, 7) is 3.47. The molecule has 12 heteroatoms. The maximum Gasteiger partial charge on any atom is 0.259 e. The first-order chi connectivity index (χ1) is 20.9. The molecule has 3 N–H and O–H groups in total. The molecule has 1 atom stereocenters. The minimum absolute atomic E-state index is 0.175. The van der Waals surface area contributed by atoms with Gasteiger partial charge in [-0.3, -0.25) is 19.8 Å². The highest BCUT2D eigenvalue weighted by atomic mass is 16.5. The van der Waals surface area contributed by atoms with Crippen molar-refractivity contribution in [2.45, 2.75) is 12.6 Å². The smallest absolute Gasteiger partial charge is 0.259 e. The van der Waals surface area contributed by atoms with Gasteiger partial charge in [-0.25, -0.2) is 0 Å². The number of carbonyl (C=O) groups is 2. The summed E-state index contributed by atoms with van der Waals surface area (Å²) in [6, 6.07) is 7.23. The molecule has 2 aliphatic heterocycles. The first kappa shape index (κ1) is 28.6. The lowest BCUT2D eigenvalue weighted by Gasteiger charge is -2.28. The minimum Gasteiger partial charge on any atom is -0.493 e. The Morgan fingerprint density at radius 2 is 1.47 bits per heavy atom. The number of hydrogen-bond acceptors (Lipinski definition) is 9. The van der Waals surface area contributed by atoms with Crippen molar-refractivity contribution in [2.75, 3.05) is 61.3 Å². The van der Waals surface area contributed by atoms with E-state index in [1.807, 2.05) is 16.7 Å². The van der Waals surface area contributed by atoms with Crippen molar-refractivity contribution in [3.8, 4) is 23.0 Å². The fourth-order valence-corrected chi connectivity index (χ4v) is 6.12. The van der Waals surface area contributed by atoms with Crippen LogP contribution in [-0.2, 0) is 20.9 Å². The molecule has 0 spiro atoms. The third-order valence-electron chi connectivity index (χ3n) is 8.02. The van der Waals surface area contributed by atoms with E-state index < -0.39 is 17.9 Å². The molecular weight excluding hydrogens is 556 g/mol. The Bertz CT molecular complexity index is 1750. The van der Waals surface area contributed by atoms with E-state index in [-0.39, 0.29) is 17.7 Å². The summed E-state index contributed by atoms with van der Waals surface area (Å²) >= 11 is 0. The van der Waals surface area contributed by atoms with Crippen molar-refractivity contribution >= 4 is 44.8 Å². The first-order valence-electron chi connectivity index (χ1n) is 13.9. The summed E-state index contributed by atoms with van der Waals surface area (Å²) in [5, 5.41) is 14.8. The van der Waals surface area contributed by atoms with Gasteiger partial charge in [0.1, 0.15) is 0 Å². The number of aromatic amines is 1. The number of imide groups is 1. The fraction of sp³-hybridized carbons (Fsp3) is 0.355. The van der Waals surface area contributed by atoms with Gasteiger partial charge in [-0.15, -0.1) is 0 Å². The number of methoxy groups -OCH3 is 4. The number of aromatic nitrogens is 2. The summed E-state index contributed by atoms with van der Waals surface area (Å²) in [6.07, 6.45) is 2.77. The van der Waals surface area contributed by atoms with Gasteiger partial charge >= 0.3 is 0 Å². The Morgan fingerprint density at radius 3 is 2.12 bits per heavy atom. The molecule has 2 amide bonds. The lowest BCUT2D eigenvalue weighted by Crippen LogP contribution is -2.41. The van der Waals surface area contributed by atoms with Gasteiger partial charge in [-0.05, 0) is 24.3 Å². The number of hydrogen-bond donors (Lipinski definition) is 3. The Balaban J connectivity index is 1.56. The number of H-pyrrole nitrogens is 1. The zero-order valence-electron chi connectivity index (χ0n) is 24.5. The molecule has 6 rings (SSSR count). The summed E-state index contributed by atoms with van der Waals surface area (Å²) in [7, 11) is 6.12. The second-order valence-corrected chi connectivity index (χ2v) is 10.4. The molecule has 0 bridgehead atoms. The molecule has 1 fully saturated rings. The maximum absolute atomic E-state index is 13.6. The number of fused-ring (bicyclic) bond motifs is 2. The quantitative estimate of drug-likeness (QED) is 0.238. The van der Waals surface area contributed by atoms with Gasteiger partial charge in [-0.1, -0.05) is 0 Å². The van der Waals surface area contributed by atoms with Crippen LogP contribution in [0.1, 0.15) is 11.1 Å². The largest absolute Gasteiger partial charge is 0.493 e. The van der Waals surface area contributed by atoms with Crippen molar-refractivity contribution in [2.24, 2.45) is 0 Å². The zero-order valence-corrected chi connectivity index (χ0v) is 24.5. The number of benzene rings is 2. The Labute approximate surface area is 247 Å². The number of nitrogens with zero attached hydrogens (tertiary/aromatic N) is 2. The van der Waals surface area contributed by atoms with Gasteiger partial charge < -0.3 is 38.3 Å². The molecule has 226 valence electrons. The van der Waals surface area contributed by atoms with Crippen LogP contribution in [0.3, 0.4) is 0 Å². The number of aliphatic hydroxyl groups is 1. The third-order valence-corrected chi connectivity index (χ3v) is 8.02. The van der Waals surface area contributed by atoms with E-state index in [2.05, 4.69) is 15.2 Å². The second-order valence-electron chi connectivity index (χ2n) is 10.4. The number of β-amino-alcohol motifs (C(OH)–C–C–N with tert-alkyl or cyclic N) is 1. The van der Waals surface area contributed by atoms with Gasteiger partial charge in [0.2, 0.25) is 0 Å². The van der Waals surface area contributed by atoms with E-state index in [9.17, 15) is 14.7 Å². The topological polar surface area (TPSA) is 137 Å². The molecule has 12 nitrogen and oxygen atoms in total. The molecule has 1 saturated heterocycles. The van der Waals surface area contributed by atoms with Crippen LogP contribution in [0.2, 0.25) is 0 Å². The van der Waals surface area contributed by atoms with Crippen LogP contribution in [-0.4, -0.2) is 98.8 Å². The lowest BCUT2D eigenvalue weighted by atomic mass is 9.95. The Hall–Kier alpha value is -4.52. The van der Waals surface area contributed by atoms with E-state index in [0.29, 0.717) is 75.7 Å². The number of carbonyl (C=O) groups excluding carboxylic acids is 2. The highest BCUT2D eigenvalue weighted by Crippen LogP contribution is 2.46. The number of rotatable bonds is 10. The number of aliphatic hydroxyl groups excluding tert-OH is 1. The van der Waals surface area contributed by atoms with Crippen LogP contribution in [0.25, 0.3) is 33.0 Å². The number of morpholine rings is 1. The Morgan fingerprint density at radius 1 is 0.837 bits per heavy atom. The number of nitrogens with one attached hydrogen (secondary N) is 2. The highest BCUT2D eigenvalue weighted by Gasteiger charge is 2.37. The zero-order chi connectivity index (χ0) is 30.2. The van der Waals surface area contributed by atoms with Crippen molar-refractivity contribution in [3.63, 3.8) is 0 Å². The molecule has 0 saturated carbocycles. The van der Waals surface area contributed by atoms with Crippen molar-refractivity contribution in [1.29, 1.82) is 0 Å². The molecule has 4 aromatic rings. The Kier molecular flexibility index (Phi) is 7.74. The van der Waals surface area contributed by atoms with Crippen LogP contribution in [0.4, 0.5) is 0 Å². The molecule has 2 aromatic heterocycles. The lowest BCUT2D eigenvalue weighted by molar-refractivity contribution is -0.122. The van der Waals surface area contributed by atoms with Crippen molar-refractivity contribution in [1.82, 2.24) is 19.8 Å². The average molecular weight is 591 g/mol. The van der Waals surface area contributed by atoms with Crippen LogP contribution in [0.5, 0.6) is 23.0 Å². The SMILES string of the molecule is COc1ccc2[nH]cc(C3=C(c4cn(CC(O)CN5CCOCC5)c5ccc(OC)c(OC)c45)C(=O)NC3=O)c2c1OC. The summed E-state index contributed by atoms with van der Waals surface area (Å²) in [4.78, 5) is 32.4. The first-order valence-corrected chi connectivity index (χ1v) is 13.9. The number of ether oxygens (including phenoxy) is 5. The standard InChI is InChI=1S/C31H34N4O8/c1-39-22-7-5-20-24(28(22)41-3)18(13-32-20)26-27(31(38)33-30(26)37)19-16-35(15-17(36)14-34-9-11-43-12-10-34)21-6-8-23(40-2)29(42-4)25(19)21/h5-8,13,16-17,32,36H,9-12,14-15H2,1-4H3,(H,33,37,38). The van der Waals surface area contributed by atoms with Gasteiger partial charge in [0, 0.05) is 49.7 Å². The normalized spacial score (nSPS) is 16.7. The monoisotopic (exact) mass is 590 g/mol. The van der Waals surface area contributed by atoms with E-state index in [0.717, 1.165) is 13.1 Å². The second kappa shape index (κ2) is 11.6. The minimum atomic E-state index is -0.701. The van der Waals surface area contributed by atoms with Crippen LogP contribution < -0.4 is 24.3 Å². The number of amides is 2. The van der Waals surface area contributed by atoms with Crippen LogP contribution in [0, 0.1) is 0 Å². The van der Waals surface area contributed by atoms with Gasteiger partial charge in [0.25, 0.3) is 11.8 Å². The van der Waals surface area contributed by atoms with Gasteiger partial charge in [0.15, 0.2) is 23.0 Å². The van der Waals surface area contributed by atoms with Gasteiger partial charge in [-0.2, -0.15) is 0 Å². The fourth-order valence-electron chi connectivity index (χ4n) is 6.12. The van der Waals surface area contributed by atoms with E-state index >= 15 is 0 Å². The van der Waals surface area contributed by atoms with E-state index in [1.165, 1.54) is 28.4 Å². The van der Waals surface area contributed by atoms with Crippen LogP contribution in [0.15, 0.2) is 36.7 Å². The van der Waals surface area contributed by atoms with Crippen LogP contribution >= 0.6 is 0 Å². The summed E-state index contributed by atoms with van der Waals surface area (Å²) in [5.74, 6) is 0.708. The molecule has 2 aliphatic rings. The van der Waals surface area contributed by atoms with Crippen molar-refractivity contribution in [3.05, 3.63) is 47.8 Å². The molecule has 0 radical (unpaired) electrons. The molecule has 1 unspecified atom stereocenters. The average Bonchev–Trinajstić information content (AvgIpc) is 3.68. The third kappa shape index (κ3) is 4.86. The van der Waals surface area contributed by atoms with Gasteiger partial charge in [0.05, 0.1) is 80.7 Å². The molecule has 43 heavy (non-hydrogen) atoms. The van der Waals surface area contributed by atoms with E-state index in [4.69, 9.17) is 23.7 Å². The summed E-state index contributed by atoms with van der Waals surface area (Å²) in [5.41, 5.74) is 2.73. The molecular formula is C31H34N4O8. The molecule has 0 aliphatic carbocycles. The molecule has 4 heterocycles. The molecule has 2 aromatic carbocycles.